The van der Waals surface area contributed by atoms with Crippen LogP contribution in [0.1, 0.15) is 26.3 Å². The molecule has 56 heavy (non-hydrogen) atoms. The molecular formula is C52H36BNOS. The summed E-state index contributed by atoms with van der Waals surface area (Å²) in [5, 5.41) is 4.92. The summed E-state index contributed by atoms with van der Waals surface area (Å²) >= 11 is 1.90. The second-order valence-electron chi connectivity index (χ2n) is 16.4. The number of benzene rings is 8. The Morgan fingerprint density at radius 1 is 0.482 bits per heavy atom. The standard InChI is InChI=1S/C52H36BNOS/c1-52(2,3)33-24-25-43(38(28-33)31-14-5-4-6-15-31)54-44-29-39-36-17-9-12-23-48(36)56-49(39)30-42(44)53-41-20-10-7-16-35(41)40-26-32(27-45(54)51(40)53)34-19-13-22-47-50(34)37-18-8-11-21-46(37)55-47/h4-30H,1-3H3. The molecule has 10 aromatic rings. The van der Waals surface area contributed by atoms with Gasteiger partial charge >= 0.3 is 0 Å². The quantitative estimate of drug-likeness (QED) is 0.168. The number of anilines is 3. The topological polar surface area (TPSA) is 16.4 Å². The molecule has 264 valence electrons. The van der Waals surface area contributed by atoms with E-state index in [2.05, 4.69) is 189 Å². The first-order chi connectivity index (χ1) is 27.4. The highest BCUT2D eigenvalue weighted by atomic mass is 32.1. The van der Waals surface area contributed by atoms with E-state index >= 15 is 0 Å². The molecule has 2 nitrogen and oxygen atoms in total. The van der Waals surface area contributed by atoms with Crippen LogP contribution in [0.3, 0.4) is 0 Å². The van der Waals surface area contributed by atoms with Crippen LogP contribution in [0.2, 0.25) is 0 Å². The Kier molecular flexibility index (Phi) is 6.61. The second kappa shape index (κ2) is 11.6. The van der Waals surface area contributed by atoms with Crippen LogP contribution in [0, 0.1) is 0 Å². The van der Waals surface area contributed by atoms with Crippen molar-refractivity contribution in [2.75, 3.05) is 4.90 Å². The molecule has 12 rings (SSSR count). The number of furan rings is 1. The lowest BCUT2D eigenvalue weighted by atomic mass is 9.37. The van der Waals surface area contributed by atoms with Gasteiger partial charge in [-0.2, -0.15) is 0 Å². The van der Waals surface area contributed by atoms with Crippen LogP contribution in [0.25, 0.3) is 75.5 Å². The zero-order valence-electron chi connectivity index (χ0n) is 31.4. The number of fused-ring (bicyclic) bond motifs is 11. The SMILES string of the molecule is CC(C)(C)c1ccc(N2c3cc4c(cc3B3c5ccccc5-c5cc(-c6cccc7oc8ccccc8c67)cc2c53)sc2ccccc24)c(-c2ccccc2)c1. The number of thiophene rings is 1. The molecule has 8 aromatic carbocycles. The molecular weight excluding hydrogens is 697 g/mol. The maximum atomic E-state index is 6.45. The van der Waals surface area contributed by atoms with E-state index in [0.29, 0.717) is 0 Å². The Balaban J connectivity index is 1.23. The first kappa shape index (κ1) is 31.9. The summed E-state index contributed by atoms with van der Waals surface area (Å²) < 4.78 is 9.10. The van der Waals surface area contributed by atoms with Gasteiger partial charge in [-0.25, -0.2) is 0 Å². The monoisotopic (exact) mass is 733 g/mol. The molecule has 0 saturated carbocycles. The third-order valence-corrected chi connectivity index (χ3v) is 13.4. The lowest BCUT2D eigenvalue weighted by molar-refractivity contribution is 0.590. The van der Waals surface area contributed by atoms with Crippen molar-refractivity contribution < 1.29 is 4.42 Å². The van der Waals surface area contributed by atoms with Crippen LogP contribution >= 0.6 is 11.3 Å². The van der Waals surface area contributed by atoms with Gasteiger partial charge in [-0.3, -0.25) is 0 Å². The number of hydrogen-bond acceptors (Lipinski definition) is 3. The molecule has 0 spiro atoms. The molecule has 4 heteroatoms. The summed E-state index contributed by atoms with van der Waals surface area (Å²) in [5.41, 5.74) is 18.3. The van der Waals surface area contributed by atoms with Gasteiger partial charge in [0.05, 0.1) is 5.69 Å². The zero-order chi connectivity index (χ0) is 37.3. The molecule has 2 aliphatic heterocycles. The smallest absolute Gasteiger partial charge is 0.248 e. The molecule has 2 aliphatic rings. The van der Waals surface area contributed by atoms with Gasteiger partial charge in [0.2, 0.25) is 6.71 Å². The summed E-state index contributed by atoms with van der Waals surface area (Å²) in [5.74, 6) is 0. The highest BCUT2D eigenvalue weighted by molar-refractivity contribution is 7.26. The lowest BCUT2D eigenvalue weighted by Gasteiger charge is -2.38. The third-order valence-electron chi connectivity index (χ3n) is 12.2. The molecule has 0 bridgehead atoms. The van der Waals surface area contributed by atoms with Gasteiger partial charge in [-0.1, -0.05) is 135 Å². The molecule has 4 heterocycles. The summed E-state index contributed by atoms with van der Waals surface area (Å²) in [4.78, 5) is 2.61. The van der Waals surface area contributed by atoms with E-state index in [-0.39, 0.29) is 12.1 Å². The third kappa shape index (κ3) is 4.51. The fourth-order valence-corrected chi connectivity index (χ4v) is 10.8. The van der Waals surface area contributed by atoms with E-state index < -0.39 is 0 Å². The normalized spacial score (nSPS) is 13.2. The van der Waals surface area contributed by atoms with Crippen LogP contribution in [0.5, 0.6) is 0 Å². The molecule has 0 amide bonds. The van der Waals surface area contributed by atoms with Crippen molar-refractivity contribution in [3.8, 4) is 33.4 Å². The Labute approximate surface area is 330 Å². The van der Waals surface area contributed by atoms with Gasteiger partial charge in [0.1, 0.15) is 11.2 Å². The maximum absolute atomic E-state index is 6.45. The van der Waals surface area contributed by atoms with Gasteiger partial charge in [0, 0.05) is 47.9 Å². The van der Waals surface area contributed by atoms with Crippen LogP contribution in [0.15, 0.2) is 168 Å². The predicted octanol–water partition coefficient (Wildman–Crippen LogP) is 12.9. The number of hydrogen-bond donors (Lipinski definition) is 0. The summed E-state index contributed by atoms with van der Waals surface area (Å²) in [6.07, 6.45) is 0. The number of nitrogens with zero attached hydrogens (tertiary/aromatic N) is 1. The van der Waals surface area contributed by atoms with E-state index in [1.165, 1.54) is 92.6 Å². The fraction of sp³-hybridized carbons (Fsp3) is 0.0769. The van der Waals surface area contributed by atoms with Crippen molar-refractivity contribution in [3.63, 3.8) is 0 Å². The Morgan fingerprint density at radius 3 is 2.11 bits per heavy atom. The molecule has 0 fully saturated rings. The first-order valence-corrected chi connectivity index (χ1v) is 20.4. The minimum atomic E-state index is -0.0103. The molecule has 0 N–H and O–H groups in total. The molecule has 0 aliphatic carbocycles. The predicted molar refractivity (Wildman–Crippen MR) is 241 cm³/mol. The molecule has 0 radical (unpaired) electrons. The average Bonchev–Trinajstić information content (AvgIpc) is 3.90. The Bertz CT molecular complexity index is 3260. The molecule has 0 saturated heterocycles. The number of rotatable bonds is 3. The maximum Gasteiger partial charge on any atom is 0.248 e. The van der Waals surface area contributed by atoms with Crippen LogP contribution in [-0.4, -0.2) is 6.71 Å². The second-order valence-corrected chi connectivity index (χ2v) is 17.5. The van der Waals surface area contributed by atoms with E-state index in [4.69, 9.17) is 4.42 Å². The molecule has 0 atom stereocenters. The minimum Gasteiger partial charge on any atom is -0.456 e. The van der Waals surface area contributed by atoms with E-state index in [1.54, 1.807) is 0 Å². The summed E-state index contributed by atoms with van der Waals surface area (Å²) in [6.45, 7) is 7.04. The van der Waals surface area contributed by atoms with Crippen LogP contribution < -0.4 is 21.3 Å². The van der Waals surface area contributed by atoms with E-state index in [9.17, 15) is 0 Å². The highest BCUT2D eigenvalue weighted by Gasteiger charge is 2.43. The zero-order valence-corrected chi connectivity index (χ0v) is 32.2. The fourth-order valence-electron chi connectivity index (χ4n) is 9.63. The van der Waals surface area contributed by atoms with Gasteiger partial charge in [0.15, 0.2) is 0 Å². The van der Waals surface area contributed by atoms with Gasteiger partial charge < -0.3 is 9.32 Å². The lowest BCUT2D eigenvalue weighted by Crippen LogP contribution is -2.54. The highest BCUT2D eigenvalue weighted by Crippen LogP contribution is 2.49. The summed E-state index contributed by atoms with van der Waals surface area (Å²) in [6, 6.07) is 61.0. The average molecular weight is 734 g/mol. The van der Waals surface area contributed by atoms with Crippen molar-refractivity contribution in [1.82, 2.24) is 0 Å². The largest absolute Gasteiger partial charge is 0.456 e. The minimum absolute atomic E-state index is 0.0103. The Hall–Kier alpha value is -6.36. The van der Waals surface area contributed by atoms with Gasteiger partial charge in [-0.15, -0.1) is 11.3 Å². The summed E-state index contributed by atoms with van der Waals surface area (Å²) in [7, 11) is 0. The van der Waals surface area contributed by atoms with E-state index in [1.807, 2.05) is 11.3 Å². The van der Waals surface area contributed by atoms with Crippen molar-refractivity contribution in [2.24, 2.45) is 0 Å². The van der Waals surface area contributed by atoms with Gasteiger partial charge in [-0.05, 0) is 104 Å². The van der Waals surface area contributed by atoms with Crippen molar-refractivity contribution in [2.45, 2.75) is 26.2 Å². The van der Waals surface area contributed by atoms with E-state index in [0.717, 1.165) is 21.9 Å². The van der Waals surface area contributed by atoms with Crippen LogP contribution in [-0.2, 0) is 5.41 Å². The first-order valence-electron chi connectivity index (χ1n) is 19.5. The van der Waals surface area contributed by atoms with Crippen molar-refractivity contribution in [1.29, 1.82) is 0 Å². The Morgan fingerprint density at radius 2 is 1.23 bits per heavy atom. The molecule has 0 unspecified atom stereocenters. The molecule has 2 aromatic heterocycles. The van der Waals surface area contributed by atoms with Crippen LogP contribution in [0.4, 0.5) is 17.1 Å². The van der Waals surface area contributed by atoms with Crippen molar-refractivity contribution in [3.05, 3.63) is 169 Å². The van der Waals surface area contributed by atoms with Gasteiger partial charge in [0.25, 0.3) is 0 Å². The van der Waals surface area contributed by atoms with Crippen molar-refractivity contribution >= 4 is 93.6 Å². The number of para-hydroxylation sites is 1.